The second-order valence-electron chi connectivity index (χ2n) is 1.29. The molecule has 0 spiro atoms. The molecule has 5 nitrogen and oxygen atoms in total. The minimum Gasteiger partial charge on any atom is -0.377 e. The van der Waals surface area contributed by atoms with Crippen LogP contribution in [0.25, 0.3) is 0 Å². The molecule has 0 aromatic rings. The predicted octanol–water partition coefficient (Wildman–Crippen LogP) is -1.09. The van der Waals surface area contributed by atoms with Gasteiger partial charge in [-0.25, -0.2) is 0 Å². The van der Waals surface area contributed by atoms with Gasteiger partial charge in [0.15, 0.2) is 4.75 Å². The van der Waals surface area contributed by atoms with Gasteiger partial charge in [0.05, 0.1) is 26.4 Å². The molecule has 0 N–H and O–H groups in total. The zero-order chi connectivity index (χ0) is 6.95. The van der Waals surface area contributed by atoms with Gasteiger partial charge < -0.3 is 9.47 Å². The van der Waals surface area contributed by atoms with Crippen molar-refractivity contribution in [2.45, 2.75) is 0 Å². The second kappa shape index (κ2) is 7.32. The largest absolute Gasteiger partial charge is 0.377 e. The number of ether oxygens (including phenoxy) is 2. The monoisotopic (exact) mass is 136 g/mol. The molecule has 0 saturated carbocycles. The van der Waals surface area contributed by atoms with Crippen molar-refractivity contribution in [2.24, 2.45) is 0 Å². The summed E-state index contributed by atoms with van der Waals surface area (Å²) in [6, 6.07) is 0. The lowest BCUT2D eigenvalue weighted by molar-refractivity contribution is -0.284. The highest BCUT2D eigenvalue weighted by molar-refractivity contribution is 4.37. The average Bonchev–Trinajstić information content (AvgIpc) is 1.93. The molecule has 0 atom stereocenters. The Morgan fingerprint density at radius 1 is 1.11 bits per heavy atom. The summed E-state index contributed by atoms with van der Waals surface area (Å²) in [6.07, 6.45) is 0. The first-order chi connectivity index (χ1) is 4.41. The van der Waals surface area contributed by atoms with Crippen LogP contribution in [0.15, 0.2) is 0 Å². The standard InChI is InChI=1S/C4H8O2.O3/c1-2-6-4-3-5-1;1-3-2/h1-4H2;. The van der Waals surface area contributed by atoms with Crippen molar-refractivity contribution >= 4 is 0 Å². The van der Waals surface area contributed by atoms with E-state index >= 15 is 0 Å². The summed E-state index contributed by atoms with van der Waals surface area (Å²) in [5.74, 6) is 0. The van der Waals surface area contributed by atoms with Gasteiger partial charge in [-0.15, -0.1) is 0 Å². The Bertz CT molecular complexity index is 48.5. The molecule has 0 unspecified atom stereocenters. The molecule has 1 rings (SSSR count). The predicted molar refractivity (Wildman–Crippen MR) is 28.4 cm³/mol. The van der Waals surface area contributed by atoms with Crippen molar-refractivity contribution in [3.63, 3.8) is 0 Å². The van der Waals surface area contributed by atoms with Crippen LogP contribution in [0.2, 0.25) is 0 Å². The highest BCUT2D eigenvalue weighted by Gasteiger charge is 1.94. The van der Waals surface area contributed by atoms with Crippen LogP contribution < -0.4 is 5.26 Å². The molecule has 0 aromatic carbocycles. The van der Waals surface area contributed by atoms with Crippen molar-refractivity contribution in [1.29, 1.82) is 0 Å². The van der Waals surface area contributed by atoms with Crippen LogP contribution >= 0.6 is 0 Å². The molecule has 0 aliphatic carbocycles. The smallest absolute Gasteiger partial charge is 0.154 e. The van der Waals surface area contributed by atoms with Gasteiger partial charge in [-0.05, 0) is 0 Å². The first-order valence-electron chi connectivity index (χ1n) is 2.49. The normalized spacial score (nSPS) is 17.3. The van der Waals surface area contributed by atoms with E-state index in [4.69, 9.17) is 19.7 Å². The van der Waals surface area contributed by atoms with E-state index in [0.29, 0.717) is 0 Å². The molecule has 1 saturated heterocycles. The molecule has 5 heteroatoms. The Hall–Kier alpha value is -0.680. The molecule has 1 aliphatic heterocycles. The molecule has 9 heavy (non-hydrogen) atoms. The van der Waals surface area contributed by atoms with E-state index in [1.807, 2.05) is 0 Å². The SMILES string of the molecule is C1COCCO1.O=[O+][O-]. The van der Waals surface area contributed by atoms with Crippen LogP contribution in [0.1, 0.15) is 0 Å². The Morgan fingerprint density at radius 3 is 1.44 bits per heavy atom. The fourth-order valence-electron chi connectivity index (χ4n) is 0.440. The molecule has 0 amide bonds. The summed E-state index contributed by atoms with van der Waals surface area (Å²) in [4.78, 5) is 7.88. The first-order valence-corrected chi connectivity index (χ1v) is 2.49. The fraction of sp³-hybridized carbons (Fsp3) is 1.00. The summed E-state index contributed by atoms with van der Waals surface area (Å²) in [5.41, 5.74) is 0. The third kappa shape index (κ3) is 7.32. The average molecular weight is 136 g/mol. The third-order valence-electron chi connectivity index (χ3n) is 0.744. The molecule has 0 radical (unpaired) electrons. The molecule has 54 valence electrons. The molecular weight excluding hydrogens is 128 g/mol. The van der Waals surface area contributed by atoms with Crippen LogP contribution in [0.4, 0.5) is 0 Å². The number of hydrogen-bond donors (Lipinski definition) is 0. The van der Waals surface area contributed by atoms with E-state index in [9.17, 15) is 0 Å². The number of rotatable bonds is 0. The van der Waals surface area contributed by atoms with E-state index in [1.54, 1.807) is 4.75 Å². The quantitative estimate of drug-likeness (QED) is 0.241. The van der Waals surface area contributed by atoms with Crippen molar-refractivity contribution in [3.8, 4) is 0 Å². The van der Waals surface area contributed by atoms with Crippen molar-refractivity contribution in [1.82, 2.24) is 0 Å². The van der Waals surface area contributed by atoms with Gasteiger partial charge in [0.25, 0.3) is 0 Å². The Kier molecular flexibility index (Phi) is 6.77. The van der Waals surface area contributed by atoms with Crippen molar-refractivity contribution < 1.29 is 14.7 Å². The molecule has 0 bridgehead atoms. The van der Waals surface area contributed by atoms with Gasteiger partial charge in [-0.2, -0.15) is 0 Å². The molecule has 1 heterocycles. The topological polar surface area (TPSA) is 69.9 Å². The van der Waals surface area contributed by atoms with E-state index in [-0.39, 0.29) is 0 Å². The lowest BCUT2D eigenvalue weighted by Crippen LogP contribution is -2.16. The van der Waals surface area contributed by atoms with Gasteiger partial charge in [-0.1, -0.05) is 10.2 Å². The van der Waals surface area contributed by atoms with E-state index in [1.165, 1.54) is 0 Å². The van der Waals surface area contributed by atoms with Gasteiger partial charge in [0.2, 0.25) is 0 Å². The molecule has 0 aromatic heterocycles. The molecule has 1 aliphatic rings. The highest BCUT2D eigenvalue weighted by Crippen LogP contribution is 1.85. The van der Waals surface area contributed by atoms with Gasteiger partial charge in [0.1, 0.15) is 0 Å². The zero-order valence-corrected chi connectivity index (χ0v) is 4.87. The van der Waals surface area contributed by atoms with Crippen LogP contribution in [-0.4, -0.2) is 26.4 Å². The van der Waals surface area contributed by atoms with Gasteiger partial charge in [0, 0.05) is 0 Å². The lowest BCUT2D eigenvalue weighted by atomic mass is 10.6. The number of hydrogen-bond acceptors (Lipinski definition) is 4. The highest BCUT2D eigenvalue weighted by atomic mass is 17.2. The maximum absolute atomic E-state index is 7.88. The van der Waals surface area contributed by atoms with E-state index in [0.717, 1.165) is 26.4 Å². The Labute approximate surface area is 52.0 Å². The summed E-state index contributed by atoms with van der Waals surface area (Å²) in [6.45, 7) is 3.11. The van der Waals surface area contributed by atoms with Crippen LogP contribution in [0, 0.1) is 9.71 Å². The Balaban J connectivity index is 0.000000187. The second-order valence-corrected chi connectivity index (χ2v) is 1.29. The summed E-state index contributed by atoms with van der Waals surface area (Å²) in [7, 11) is 0. The van der Waals surface area contributed by atoms with E-state index < -0.39 is 0 Å². The minimum atomic E-state index is 0.778. The van der Waals surface area contributed by atoms with E-state index in [2.05, 4.69) is 0 Å². The summed E-state index contributed by atoms with van der Waals surface area (Å²) < 4.78 is 11.6. The van der Waals surface area contributed by atoms with Crippen LogP contribution in [0.3, 0.4) is 0 Å². The van der Waals surface area contributed by atoms with Crippen LogP contribution in [-0.2, 0) is 9.47 Å². The maximum atomic E-state index is 7.88. The molecule has 1 fully saturated rings. The third-order valence-corrected chi connectivity index (χ3v) is 0.744. The summed E-state index contributed by atoms with van der Waals surface area (Å²) >= 11 is 0. The lowest BCUT2D eigenvalue weighted by Gasteiger charge is -2.09. The molecular formula is C4H8O5. The van der Waals surface area contributed by atoms with Crippen molar-refractivity contribution in [2.75, 3.05) is 26.4 Å². The van der Waals surface area contributed by atoms with Crippen molar-refractivity contribution in [3.05, 3.63) is 9.71 Å². The van der Waals surface area contributed by atoms with Gasteiger partial charge in [-0.3, -0.25) is 0 Å². The first kappa shape index (κ1) is 8.32. The zero-order valence-electron chi connectivity index (χ0n) is 4.87. The minimum absolute atomic E-state index is 0.778. The summed E-state index contributed by atoms with van der Waals surface area (Å²) in [5, 5.41) is 7.88. The van der Waals surface area contributed by atoms with Gasteiger partial charge >= 0.3 is 0 Å². The Morgan fingerprint density at radius 2 is 1.33 bits per heavy atom. The van der Waals surface area contributed by atoms with Crippen LogP contribution in [0.5, 0.6) is 0 Å². The fourth-order valence-corrected chi connectivity index (χ4v) is 0.440. The maximum Gasteiger partial charge on any atom is 0.154 e.